The average Bonchev–Trinajstić information content (AvgIpc) is 2.84. The van der Waals surface area contributed by atoms with Gasteiger partial charge in [0.1, 0.15) is 11.4 Å². The van der Waals surface area contributed by atoms with Crippen molar-refractivity contribution in [2.45, 2.75) is 69.9 Å². The third kappa shape index (κ3) is 3.98. The second kappa shape index (κ2) is 8.28. The Morgan fingerprint density at radius 1 is 1.21 bits per heavy atom. The van der Waals surface area contributed by atoms with Crippen LogP contribution < -0.4 is 4.74 Å². The van der Waals surface area contributed by atoms with Crippen LogP contribution in [0.25, 0.3) is 0 Å². The van der Waals surface area contributed by atoms with Crippen LogP contribution in [0.2, 0.25) is 0 Å². The van der Waals surface area contributed by atoms with Crippen LogP contribution in [-0.2, 0) is 0 Å². The van der Waals surface area contributed by atoms with Gasteiger partial charge in [-0.15, -0.1) is 0 Å². The number of fused-ring (bicyclic) bond motifs is 1. The van der Waals surface area contributed by atoms with Crippen molar-refractivity contribution >= 4 is 5.91 Å². The van der Waals surface area contributed by atoms with Crippen molar-refractivity contribution in [2.75, 3.05) is 26.7 Å². The van der Waals surface area contributed by atoms with E-state index in [1.807, 2.05) is 29.2 Å². The molecule has 0 unspecified atom stereocenters. The fourth-order valence-electron chi connectivity index (χ4n) is 5.17. The summed E-state index contributed by atoms with van der Waals surface area (Å²) in [6.07, 6.45) is 12.0. The second-order valence-corrected chi connectivity index (χ2v) is 8.86. The number of allylic oxidation sites excluding steroid dienone is 1. The maximum absolute atomic E-state index is 12.9. The van der Waals surface area contributed by atoms with Crippen molar-refractivity contribution in [1.82, 2.24) is 9.80 Å². The lowest BCUT2D eigenvalue weighted by Crippen LogP contribution is -2.52. The zero-order chi connectivity index (χ0) is 19.6. The van der Waals surface area contributed by atoms with Crippen LogP contribution in [-0.4, -0.2) is 54.0 Å². The average molecular weight is 383 g/mol. The van der Waals surface area contributed by atoms with Gasteiger partial charge in [-0.1, -0.05) is 23.8 Å². The number of likely N-dealkylation sites (N-methyl/N-ethyl adjacent to an activating group) is 2. The van der Waals surface area contributed by atoms with Crippen molar-refractivity contribution in [3.05, 3.63) is 41.5 Å². The van der Waals surface area contributed by atoms with E-state index in [0.717, 1.165) is 44.5 Å². The summed E-state index contributed by atoms with van der Waals surface area (Å²) in [6, 6.07) is 8.37. The van der Waals surface area contributed by atoms with E-state index in [2.05, 4.69) is 24.9 Å². The summed E-state index contributed by atoms with van der Waals surface area (Å²) in [5.41, 5.74) is 2.10. The van der Waals surface area contributed by atoms with Gasteiger partial charge in [0.2, 0.25) is 0 Å². The van der Waals surface area contributed by atoms with Crippen LogP contribution in [0.3, 0.4) is 0 Å². The highest BCUT2D eigenvalue weighted by atomic mass is 16.5. The molecular weight excluding hydrogens is 348 g/mol. The lowest BCUT2D eigenvalue weighted by atomic mass is 9.80. The quantitative estimate of drug-likeness (QED) is 0.710. The molecule has 2 aliphatic carbocycles. The summed E-state index contributed by atoms with van der Waals surface area (Å²) in [4.78, 5) is 17.4. The Morgan fingerprint density at radius 2 is 2.00 bits per heavy atom. The normalized spacial score (nSPS) is 28.0. The molecule has 4 rings (SSSR count). The van der Waals surface area contributed by atoms with Crippen LogP contribution >= 0.6 is 0 Å². The van der Waals surface area contributed by atoms with Crippen molar-refractivity contribution in [3.8, 4) is 5.75 Å². The van der Waals surface area contributed by atoms with E-state index in [9.17, 15) is 4.79 Å². The zero-order valence-electron chi connectivity index (χ0n) is 17.5. The number of rotatable bonds is 4. The van der Waals surface area contributed by atoms with Crippen molar-refractivity contribution in [3.63, 3.8) is 0 Å². The van der Waals surface area contributed by atoms with Gasteiger partial charge >= 0.3 is 0 Å². The number of hydrogen-bond donors (Lipinski definition) is 0. The molecule has 1 aromatic carbocycles. The Balaban J connectivity index is 1.45. The Morgan fingerprint density at radius 3 is 2.71 bits per heavy atom. The first kappa shape index (κ1) is 19.5. The summed E-state index contributed by atoms with van der Waals surface area (Å²) in [5.74, 6) is 0.876. The third-order valence-electron chi connectivity index (χ3n) is 6.92. The largest absolute Gasteiger partial charge is 0.485 e. The molecule has 4 nitrogen and oxygen atoms in total. The first-order valence-electron chi connectivity index (χ1n) is 11.1. The van der Waals surface area contributed by atoms with Gasteiger partial charge in [-0.2, -0.15) is 0 Å². The number of hydrogen-bond acceptors (Lipinski definition) is 3. The highest BCUT2D eigenvalue weighted by Crippen LogP contribution is 2.39. The Labute approximate surface area is 169 Å². The molecule has 1 amide bonds. The monoisotopic (exact) mass is 382 g/mol. The number of ether oxygens (including phenoxy) is 1. The number of carbonyl (C=O) groups excluding carboxylic acids is 1. The Hall–Kier alpha value is -1.81. The van der Waals surface area contributed by atoms with Gasteiger partial charge in [0.25, 0.3) is 5.91 Å². The maximum atomic E-state index is 12.9. The fourth-order valence-corrected chi connectivity index (χ4v) is 5.17. The summed E-state index contributed by atoms with van der Waals surface area (Å²) in [6.45, 7) is 4.62. The van der Waals surface area contributed by atoms with Crippen LogP contribution in [0.15, 0.2) is 35.9 Å². The molecule has 1 spiro atoms. The maximum Gasteiger partial charge on any atom is 0.257 e. The molecule has 0 aromatic heterocycles. The van der Waals surface area contributed by atoms with Crippen molar-refractivity contribution in [1.29, 1.82) is 0 Å². The van der Waals surface area contributed by atoms with Gasteiger partial charge in [0, 0.05) is 19.1 Å². The molecule has 0 radical (unpaired) electrons. The molecule has 0 saturated heterocycles. The van der Waals surface area contributed by atoms with Gasteiger partial charge in [0.05, 0.1) is 12.1 Å². The molecule has 0 bridgehead atoms. The standard InChI is InChI=1S/C24H34N2O2/c1-3-26-18-24(28-22-12-8-7-11-21(22)23(26)27)15-13-20(14-16-24)25(2)17-19-9-5-4-6-10-19/h7-9,11-12,20H,3-6,10,13-18H2,1-2H3. The van der Waals surface area contributed by atoms with E-state index in [4.69, 9.17) is 4.74 Å². The molecular formula is C24H34N2O2. The Kier molecular flexibility index (Phi) is 5.77. The number of amides is 1. The molecule has 1 fully saturated rings. The van der Waals surface area contributed by atoms with Crippen LogP contribution in [0.4, 0.5) is 0 Å². The molecule has 3 aliphatic rings. The molecule has 1 aromatic rings. The van der Waals surface area contributed by atoms with E-state index in [0.29, 0.717) is 18.2 Å². The molecule has 1 heterocycles. The minimum Gasteiger partial charge on any atom is -0.485 e. The summed E-state index contributed by atoms with van der Waals surface area (Å²) in [5, 5.41) is 0. The predicted molar refractivity (Wildman–Crippen MR) is 113 cm³/mol. The Bertz CT molecular complexity index is 734. The lowest BCUT2D eigenvalue weighted by molar-refractivity contribution is -0.00996. The molecule has 28 heavy (non-hydrogen) atoms. The number of para-hydroxylation sites is 1. The molecule has 0 atom stereocenters. The van der Waals surface area contributed by atoms with E-state index in [-0.39, 0.29) is 11.5 Å². The van der Waals surface area contributed by atoms with Crippen molar-refractivity contribution < 1.29 is 9.53 Å². The van der Waals surface area contributed by atoms with E-state index in [1.54, 1.807) is 5.57 Å². The zero-order valence-corrected chi connectivity index (χ0v) is 17.5. The predicted octanol–water partition coefficient (Wildman–Crippen LogP) is 4.65. The molecule has 4 heteroatoms. The molecule has 1 aliphatic heterocycles. The molecule has 152 valence electrons. The van der Waals surface area contributed by atoms with Gasteiger partial charge < -0.3 is 9.64 Å². The van der Waals surface area contributed by atoms with Gasteiger partial charge in [0.15, 0.2) is 0 Å². The highest BCUT2D eigenvalue weighted by Gasteiger charge is 2.43. The van der Waals surface area contributed by atoms with E-state index >= 15 is 0 Å². The van der Waals surface area contributed by atoms with Gasteiger partial charge in [-0.3, -0.25) is 9.69 Å². The smallest absolute Gasteiger partial charge is 0.257 e. The van der Waals surface area contributed by atoms with Crippen molar-refractivity contribution in [2.24, 2.45) is 0 Å². The van der Waals surface area contributed by atoms with Gasteiger partial charge in [-0.25, -0.2) is 0 Å². The first-order chi connectivity index (χ1) is 13.6. The minimum absolute atomic E-state index is 0.110. The summed E-state index contributed by atoms with van der Waals surface area (Å²) >= 11 is 0. The number of nitrogens with zero attached hydrogens (tertiary/aromatic N) is 2. The van der Waals surface area contributed by atoms with Gasteiger partial charge in [-0.05, 0) is 77.5 Å². The lowest BCUT2D eigenvalue weighted by Gasteiger charge is -2.43. The molecule has 0 N–H and O–H groups in total. The summed E-state index contributed by atoms with van der Waals surface area (Å²) < 4.78 is 6.57. The minimum atomic E-state index is -0.236. The fraction of sp³-hybridized carbons (Fsp3) is 0.625. The van der Waals surface area contributed by atoms with Crippen LogP contribution in [0, 0.1) is 0 Å². The topological polar surface area (TPSA) is 32.8 Å². The summed E-state index contributed by atoms with van der Waals surface area (Å²) in [7, 11) is 2.28. The first-order valence-corrected chi connectivity index (χ1v) is 11.1. The third-order valence-corrected chi connectivity index (χ3v) is 6.92. The second-order valence-electron chi connectivity index (χ2n) is 8.86. The van der Waals surface area contributed by atoms with E-state index < -0.39 is 0 Å². The molecule has 1 saturated carbocycles. The van der Waals surface area contributed by atoms with Crippen LogP contribution in [0.1, 0.15) is 68.6 Å². The SMILES string of the molecule is CCN1CC2(CCC(N(C)CC3=CCCCC3)CC2)Oc2ccccc2C1=O. The highest BCUT2D eigenvalue weighted by molar-refractivity contribution is 5.97. The number of carbonyl (C=O) groups is 1. The number of benzene rings is 1. The van der Waals surface area contributed by atoms with Crippen LogP contribution in [0.5, 0.6) is 5.75 Å². The van der Waals surface area contributed by atoms with E-state index in [1.165, 1.54) is 25.7 Å².